The van der Waals surface area contributed by atoms with E-state index in [-0.39, 0.29) is 55.9 Å². The summed E-state index contributed by atoms with van der Waals surface area (Å²) in [4.78, 5) is 36.6. The fourth-order valence-corrected chi connectivity index (χ4v) is 10.3. The van der Waals surface area contributed by atoms with E-state index in [2.05, 4.69) is 18.3 Å². The number of fused-ring (bicyclic) bond motifs is 5. The van der Waals surface area contributed by atoms with E-state index in [0.717, 1.165) is 38.5 Å². The monoisotopic (exact) mass is 803 g/mol. The first-order valence-corrected chi connectivity index (χ1v) is 20.7. The molecule has 5 rings (SSSR count). The number of anilines is 1. The van der Waals surface area contributed by atoms with Crippen LogP contribution in [-0.4, -0.2) is 73.4 Å². The predicted octanol–water partition coefficient (Wildman–Crippen LogP) is 6.78. The molecule has 0 aliphatic heterocycles. The molecule has 15 nitrogen and oxygen atoms in total. The van der Waals surface area contributed by atoms with Gasteiger partial charge in [0.25, 0.3) is 5.91 Å². The van der Waals surface area contributed by atoms with Crippen molar-refractivity contribution in [3.63, 3.8) is 0 Å². The average molecular weight is 804 g/mol. The van der Waals surface area contributed by atoms with Crippen LogP contribution in [0.25, 0.3) is 0 Å². The van der Waals surface area contributed by atoms with E-state index >= 15 is 0 Å². The Hall–Kier alpha value is -3.88. The van der Waals surface area contributed by atoms with Gasteiger partial charge in [-0.1, -0.05) is 13.0 Å². The van der Waals surface area contributed by atoms with Crippen LogP contribution in [0.2, 0.25) is 0 Å². The SMILES string of the molecule is CC(C)(C)OP(=O)(Oc1ccc2c(c1)CCC1C2CCC2(C)C(OC(=O)COCCOCCNC(=O)Oc3ccc(N)c(O)c3C(N)=O)CCC12)OC(C)(C)C. The summed E-state index contributed by atoms with van der Waals surface area (Å²) in [5, 5.41) is 12.4. The minimum absolute atomic E-state index is 0.0829. The van der Waals surface area contributed by atoms with E-state index < -0.39 is 48.3 Å². The first-order chi connectivity index (χ1) is 26.2. The number of ether oxygens (including phenoxy) is 4. The third-order valence-corrected chi connectivity index (χ3v) is 12.6. The Labute approximate surface area is 329 Å². The minimum Gasteiger partial charge on any atom is -0.505 e. The molecule has 5 unspecified atom stereocenters. The predicted molar refractivity (Wildman–Crippen MR) is 208 cm³/mol. The van der Waals surface area contributed by atoms with Crippen LogP contribution < -0.4 is 26.0 Å². The molecule has 2 aromatic rings. The molecule has 310 valence electrons. The second-order valence-corrected chi connectivity index (χ2v) is 18.5. The molecular formula is C40H58N3O12P. The van der Waals surface area contributed by atoms with Crippen molar-refractivity contribution in [2.45, 2.75) is 110 Å². The first-order valence-electron chi connectivity index (χ1n) is 19.2. The van der Waals surface area contributed by atoms with Gasteiger partial charge in [0.1, 0.15) is 29.8 Å². The number of hydrogen-bond acceptors (Lipinski definition) is 13. The number of carbonyl (C=O) groups is 3. The zero-order valence-electron chi connectivity index (χ0n) is 33.5. The number of rotatable bonds is 15. The highest BCUT2D eigenvalue weighted by atomic mass is 31.2. The molecule has 6 N–H and O–H groups in total. The third-order valence-electron chi connectivity index (χ3n) is 10.6. The molecule has 5 atom stereocenters. The zero-order valence-corrected chi connectivity index (χ0v) is 34.4. The van der Waals surface area contributed by atoms with Crippen molar-refractivity contribution in [1.29, 1.82) is 0 Å². The summed E-state index contributed by atoms with van der Waals surface area (Å²) >= 11 is 0. The van der Waals surface area contributed by atoms with E-state index in [1.54, 1.807) is 0 Å². The van der Waals surface area contributed by atoms with Gasteiger partial charge < -0.3 is 45.4 Å². The summed E-state index contributed by atoms with van der Waals surface area (Å²) in [6, 6.07) is 8.50. The molecule has 3 aliphatic rings. The summed E-state index contributed by atoms with van der Waals surface area (Å²) in [5.74, 6) is -0.450. The van der Waals surface area contributed by atoms with Crippen molar-refractivity contribution in [3.05, 3.63) is 47.0 Å². The maximum absolute atomic E-state index is 13.7. The number of phosphoric acid groups is 1. The lowest BCUT2D eigenvalue weighted by Gasteiger charge is -2.50. The molecule has 56 heavy (non-hydrogen) atoms. The largest absolute Gasteiger partial charge is 0.531 e. The van der Waals surface area contributed by atoms with Gasteiger partial charge in [0.2, 0.25) is 0 Å². The van der Waals surface area contributed by atoms with E-state index in [0.29, 0.717) is 23.5 Å². The number of amides is 2. The van der Waals surface area contributed by atoms with Crippen LogP contribution in [0.15, 0.2) is 30.3 Å². The molecule has 0 aromatic heterocycles. The summed E-state index contributed by atoms with van der Waals surface area (Å²) in [5.41, 5.74) is 11.3. The Kier molecular flexibility index (Phi) is 13.4. The minimum atomic E-state index is -3.92. The Balaban J connectivity index is 1.04. The number of hydrogen-bond donors (Lipinski definition) is 4. The average Bonchev–Trinajstić information content (AvgIpc) is 3.40. The van der Waals surface area contributed by atoms with Crippen molar-refractivity contribution in [2.75, 3.05) is 38.7 Å². The highest BCUT2D eigenvalue weighted by Gasteiger charge is 2.56. The van der Waals surface area contributed by atoms with E-state index in [1.807, 2.05) is 53.7 Å². The molecule has 0 spiro atoms. The number of nitrogens with one attached hydrogen (secondary N) is 1. The van der Waals surface area contributed by atoms with Crippen molar-refractivity contribution in [1.82, 2.24) is 5.32 Å². The van der Waals surface area contributed by atoms with Gasteiger partial charge in [-0.15, -0.1) is 0 Å². The fraction of sp³-hybridized carbons (Fsp3) is 0.625. The molecule has 2 saturated carbocycles. The van der Waals surface area contributed by atoms with Crippen LogP contribution in [-0.2, 0) is 39.0 Å². The van der Waals surface area contributed by atoms with E-state index in [4.69, 9.17) is 44.0 Å². The van der Waals surface area contributed by atoms with Gasteiger partial charge >= 0.3 is 19.9 Å². The number of phenols is 1. The van der Waals surface area contributed by atoms with Crippen LogP contribution in [0.4, 0.5) is 10.5 Å². The van der Waals surface area contributed by atoms with Gasteiger partial charge in [-0.2, -0.15) is 0 Å². The number of primary amides is 1. The number of aryl methyl sites for hydroxylation is 1. The number of nitrogens with two attached hydrogens (primary N) is 2. The number of esters is 1. The molecule has 2 amide bonds. The standard InChI is InChI=1S/C40H58N3O12P/c1-38(2,3)54-56(48,55-39(4,5)6)53-25-9-11-26-24(22-25)8-10-28-27(26)16-17-40(7)29(28)12-15-32(40)52-33(44)23-50-21-20-49-19-18-43-37(47)51-31-14-13-30(41)35(45)34(31)36(42)46/h9,11,13-14,22,27-29,32,45H,8,10,12,15-21,23,41H2,1-7H3,(H2,42,46)(H,43,47). The lowest BCUT2D eigenvalue weighted by molar-refractivity contribution is -0.163. The maximum atomic E-state index is 13.7. The highest BCUT2D eigenvalue weighted by molar-refractivity contribution is 7.49. The van der Waals surface area contributed by atoms with Crippen molar-refractivity contribution < 1.29 is 56.6 Å². The Morgan fingerprint density at radius 2 is 1.64 bits per heavy atom. The number of aromatic hydroxyl groups is 1. The van der Waals surface area contributed by atoms with Gasteiger partial charge in [-0.25, -0.2) is 14.2 Å². The smallest absolute Gasteiger partial charge is 0.505 e. The van der Waals surface area contributed by atoms with Crippen molar-refractivity contribution in [2.24, 2.45) is 23.0 Å². The molecule has 0 saturated heterocycles. The Morgan fingerprint density at radius 1 is 0.946 bits per heavy atom. The molecule has 2 aromatic carbocycles. The topological polar surface area (TPSA) is 217 Å². The lowest BCUT2D eigenvalue weighted by atomic mass is 9.55. The van der Waals surface area contributed by atoms with E-state index in [9.17, 15) is 24.1 Å². The molecule has 3 aliphatic carbocycles. The summed E-state index contributed by atoms with van der Waals surface area (Å²) in [6.45, 7) is 13.5. The lowest BCUT2D eigenvalue weighted by Crippen LogP contribution is -2.45. The van der Waals surface area contributed by atoms with Crippen LogP contribution in [0.3, 0.4) is 0 Å². The first kappa shape index (κ1) is 43.2. The van der Waals surface area contributed by atoms with Crippen LogP contribution in [0.5, 0.6) is 17.2 Å². The molecule has 16 heteroatoms. The van der Waals surface area contributed by atoms with E-state index in [1.165, 1.54) is 23.3 Å². The van der Waals surface area contributed by atoms with Crippen molar-refractivity contribution in [3.8, 4) is 17.2 Å². The molecule has 0 heterocycles. The van der Waals surface area contributed by atoms with Crippen molar-refractivity contribution >= 4 is 31.5 Å². The van der Waals surface area contributed by atoms with Gasteiger partial charge in [-0.05, 0) is 133 Å². The summed E-state index contributed by atoms with van der Waals surface area (Å²) < 4.78 is 53.5. The Bertz CT molecular complexity index is 1790. The van der Waals surface area contributed by atoms with Crippen LogP contribution in [0, 0.1) is 17.3 Å². The highest BCUT2D eigenvalue weighted by Crippen LogP contribution is 2.62. The summed E-state index contributed by atoms with van der Waals surface area (Å²) in [6.07, 6.45) is 4.55. The molecule has 2 fully saturated rings. The fourth-order valence-electron chi connectivity index (χ4n) is 8.46. The number of carbonyl (C=O) groups excluding carboxylic acids is 3. The van der Waals surface area contributed by atoms with Crippen LogP contribution >= 0.6 is 7.82 Å². The third kappa shape index (κ3) is 10.7. The number of phosphoric ester groups is 1. The van der Waals surface area contributed by atoms with Gasteiger partial charge in [0, 0.05) is 12.0 Å². The normalized spacial score (nSPS) is 23.3. The molecule has 0 bridgehead atoms. The van der Waals surface area contributed by atoms with Gasteiger partial charge in [-0.3, -0.25) is 13.8 Å². The quantitative estimate of drug-likeness (QED) is 0.0481. The van der Waals surface area contributed by atoms with Gasteiger partial charge in [0.15, 0.2) is 5.75 Å². The maximum Gasteiger partial charge on any atom is 0.531 e. The second kappa shape index (κ2) is 17.3. The Morgan fingerprint density at radius 3 is 2.32 bits per heavy atom. The zero-order chi connectivity index (χ0) is 41.1. The second-order valence-electron chi connectivity index (χ2n) is 17.0. The number of benzene rings is 2. The van der Waals surface area contributed by atoms with Crippen LogP contribution in [0.1, 0.15) is 108 Å². The molecule has 0 radical (unpaired) electrons. The molecular weight excluding hydrogens is 745 g/mol. The number of nitrogen functional groups attached to an aromatic ring is 1. The van der Waals surface area contributed by atoms with Gasteiger partial charge in [0.05, 0.1) is 36.7 Å². The summed E-state index contributed by atoms with van der Waals surface area (Å²) in [7, 11) is -3.92.